The Morgan fingerprint density at radius 3 is 2.96 bits per heavy atom. The molecule has 0 saturated carbocycles. The number of hydrogen-bond donors (Lipinski definition) is 1. The van der Waals surface area contributed by atoms with E-state index in [0.717, 1.165) is 23.9 Å². The number of hydrogen-bond acceptors (Lipinski definition) is 2. The molecule has 1 aliphatic rings. The van der Waals surface area contributed by atoms with Gasteiger partial charge in [-0.25, -0.2) is 0 Å². The number of fused-ring (bicyclic) bond motifs is 3. The molecule has 0 bridgehead atoms. The van der Waals surface area contributed by atoms with Gasteiger partial charge in [0, 0.05) is 34.1 Å². The molecule has 0 spiro atoms. The van der Waals surface area contributed by atoms with Crippen LogP contribution in [-0.4, -0.2) is 22.8 Å². The Morgan fingerprint density at radius 2 is 2.13 bits per heavy atom. The highest BCUT2D eigenvalue weighted by atomic mass is 32.1. The standard InChI is InChI=1S/C19H20N2OS/c1-21(12-14-5-4-10-23-14)19(22)13-8-9-18-16(11-13)15-6-2-3-7-17(15)20-18/h4-5,8-11,20H,2-3,6-7,12H2,1H3. The molecular formula is C19H20N2OS. The predicted molar refractivity (Wildman–Crippen MR) is 95.1 cm³/mol. The molecule has 1 amide bonds. The minimum absolute atomic E-state index is 0.0889. The van der Waals surface area contributed by atoms with Crippen molar-refractivity contribution >= 4 is 28.1 Å². The Kier molecular flexibility index (Phi) is 3.69. The van der Waals surface area contributed by atoms with Gasteiger partial charge in [0.15, 0.2) is 0 Å². The third-order valence-corrected chi connectivity index (χ3v) is 5.53. The number of aromatic nitrogens is 1. The first-order valence-electron chi connectivity index (χ1n) is 8.14. The summed E-state index contributed by atoms with van der Waals surface area (Å²) in [5.41, 5.74) is 4.72. The SMILES string of the molecule is CN(Cc1cccs1)C(=O)c1ccc2[nH]c3c(c2c1)CCCC3. The summed E-state index contributed by atoms with van der Waals surface area (Å²) in [7, 11) is 1.87. The molecule has 0 atom stereocenters. The summed E-state index contributed by atoms with van der Waals surface area (Å²) in [5, 5.41) is 3.28. The largest absolute Gasteiger partial charge is 0.358 e. The number of aryl methyl sites for hydroxylation is 2. The van der Waals surface area contributed by atoms with E-state index in [1.54, 1.807) is 16.2 Å². The van der Waals surface area contributed by atoms with Crippen LogP contribution < -0.4 is 0 Å². The number of carbonyl (C=O) groups excluding carboxylic acids is 1. The molecule has 1 aliphatic carbocycles. The number of aromatic amines is 1. The van der Waals surface area contributed by atoms with Gasteiger partial charge in [-0.2, -0.15) is 0 Å². The number of thiophene rings is 1. The van der Waals surface area contributed by atoms with Crippen molar-refractivity contribution in [1.29, 1.82) is 0 Å². The number of amides is 1. The normalized spacial score (nSPS) is 14.0. The van der Waals surface area contributed by atoms with Crippen molar-refractivity contribution in [3.8, 4) is 0 Å². The van der Waals surface area contributed by atoms with Gasteiger partial charge in [0.1, 0.15) is 0 Å². The molecule has 118 valence electrons. The summed E-state index contributed by atoms with van der Waals surface area (Å²) in [6.45, 7) is 0.666. The van der Waals surface area contributed by atoms with E-state index in [9.17, 15) is 4.79 Å². The van der Waals surface area contributed by atoms with Crippen LogP contribution in [0.25, 0.3) is 10.9 Å². The maximum Gasteiger partial charge on any atom is 0.253 e. The molecule has 0 aliphatic heterocycles. The minimum Gasteiger partial charge on any atom is -0.358 e. The summed E-state index contributed by atoms with van der Waals surface area (Å²) in [4.78, 5) is 19.3. The van der Waals surface area contributed by atoms with Crippen LogP contribution >= 0.6 is 11.3 Å². The van der Waals surface area contributed by atoms with Gasteiger partial charge in [-0.1, -0.05) is 6.07 Å². The molecular weight excluding hydrogens is 304 g/mol. The van der Waals surface area contributed by atoms with E-state index in [0.29, 0.717) is 6.54 Å². The quantitative estimate of drug-likeness (QED) is 0.762. The molecule has 2 aromatic heterocycles. The first-order chi connectivity index (χ1) is 11.2. The first kappa shape index (κ1) is 14.5. The molecule has 3 aromatic rings. The van der Waals surface area contributed by atoms with E-state index < -0.39 is 0 Å². The maximum absolute atomic E-state index is 12.7. The maximum atomic E-state index is 12.7. The zero-order chi connectivity index (χ0) is 15.8. The number of carbonyl (C=O) groups is 1. The fourth-order valence-electron chi connectivity index (χ4n) is 3.47. The molecule has 3 nitrogen and oxygen atoms in total. The topological polar surface area (TPSA) is 36.1 Å². The smallest absolute Gasteiger partial charge is 0.253 e. The Hall–Kier alpha value is -2.07. The van der Waals surface area contributed by atoms with Crippen LogP contribution in [-0.2, 0) is 19.4 Å². The summed E-state index contributed by atoms with van der Waals surface area (Å²) < 4.78 is 0. The number of nitrogens with zero attached hydrogens (tertiary/aromatic N) is 1. The zero-order valence-corrected chi connectivity index (χ0v) is 14.1. The second-order valence-corrected chi connectivity index (χ2v) is 7.32. The second-order valence-electron chi connectivity index (χ2n) is 6.29. The van der Waals surface area contributed by atoms with Crippen LogP contribution in [0.3, 0.4) is 0 Å². The number of benzene rings is 1. The summed E-state index contributed by atoms with van der Waals surface area (Å²) in [5.74, 6) is 0.0889. The molecule has 4 rings (SSSR count). The highest BCUT2D eigenvalue weighted by molar-refractivity contribution is 7.09. The van der Waals surface area contributed by atoms with Crippen molar-refractivity contribution in [1.82, 2.24) is 9.88 Å². The Labute approximate surface area is 139 Å². The van der Waals surface area contributed by atoms with E-state index in [4.69, 9.17) is 0 Å². The van der Waals surface area contributed by atoms with Crippen molar-refractivity contribution in [3.63, 3.8) is 0 Å². The second kappa shape index (κ2) is 5.85. The average molecular weight is 324 g/mol. The molecule has 2 heterocycles. The minimum atomic E-state index is 0.0889. The first-order valence-corrected chi connectivity index (χ1v) is 9.01. The van der Waals surface area contributed by atoms with Gasteiger partial charge >= 0.3 is 0 Å². The van der Waals surface area contributed by atoms with Crippen molar-refractivity contribution in [3.05, 3.63) is 57.4 Å². The molecule has 1 N–H and O–H groups in total. The molecule has 0 unspecified atom stereocenters. The highest BCUT2D eigenvalue weighted by Crippen LogP contribution is 2.30. The Morgan fingerprint density at radius 1 is 1.26 bits per heavy atom. The molecule has 0 saturated heterocycles. The number of H-pyrrole nitrogens is 1. The monoisotopic (exact) mass is 324 g/mol. The van der Waals surface area contributed by atoms with E-state index in [2.05, 4.69) is 23.2 Å². The third-order valence-electron chi connectivity index (χ3n) is 4.66. The van der Waals surface area contributed by atoms with E-state index in [1.807, 2.05) is 24.6 Å². The predicted octanol–water partition coefficient (Wildman–Crippen LogP) is 4.38. The van der Waals surface area contributed by atoms with Gasteiger partial charge in [0.2, 0.25) is 0 Å². The molecule has 0 radical (unpaired) electrons. The van der Waals surface area contributed by atoms with Gasteiger partial charge in [-0.15, -0.1) is 11.3 Å². The molecule has 1 aromatic carbocycles. The number of rotatable bonds is 3. The van der Waals surface area contributed by atoms with Gasteiger partial charge in [0.05, 0.1) is 6.54 Å². The fourth-order valence-corrected chi connectivity index (χ4v) is 4.22. The van der Waals surface area contributed by atoms with Crippen LogP contribution in [0.2, 0.25) is 0 Å². The van der Waals surface area contributed by atoms with Crippen LogP contribution in [0, 0.1) is 0 Å². The molecule has 23 heavy (non-hydrogen) atoms. The van der Waals surface area contributed by atoms with E-state index in [-0.39, 0.29) is 5.91 Å². The third kappa shape index (κ3) is 2.68. The van der Waals surface area contributed by atoms with Gasteiger partial charge in [-0.05, 0) is 60.9 Å². The number of nitrogens with one attached hydrogen (secondary N) is 1. The van der Waals surface area contributed by atoms with Crippen molar-refractivity contribution < 1.29 is 4.79 Å². The van der Waals surface area contributed by atoms with Gasteiger partial charge in [0.25, 0.3) is 5.91 Å². The zero-order valence-electron chi connectivity index (χ0n) is 13.3. The van der Waals surface area contributed by atoms with Crippen LogP contribution in [0.4, 0.5) is 0 Å². The van der Waals surface area contributed by atoms with Crippen LogP contribution in [0.15, 0.2) is 35.7 Å². The highest BCUT2D eigenvalue weighted by Gasteiger charge is 2.18. The lowest BCUT2D eigenvalue weighted by Crippen LogP contribution is -2.25. The average Bonchev–Trinajstić information content (AvgIpc) is 3.20. The lowest BCUT2D eigenvalue weighted by Gasteiger charge is -2.16. The fraction of sp³-hybridized carbons (Fsp3) is 0.316. The summed E-state index contributed by atoms with van der Waals surface area (Å²) in [6.07, 6.45) is 4.76. The van der Waals surface area contributed by atoms with Crippen molar-refractivity contribution in [2.24, 2.45) is 0 Å². The summed E-state index contributed by atoms with van der Waals surface area (Å²) in [6, 6.07) is 10.2. The van der Waals surface area contributed by atoms with E-state index in [1.165, 1.54) is 34.4 Å². The Balaban J connectivity index is 1.64. The molecule has 4 heteroatoms. The summed E-state index contributed by atoms with van der Waals surface area (Å²) >= 11 is 1.69. The van der Waals surface area contributed by atoms with Crippen LogP contribution in [0.5, 0.6) is 0 Å². The van der Waals surface area contributed by atoms with Gasteiger partial charge < -0.3 is 9.88 Å². The van der Waals surface area contributed by atoms with Crippen molar-refractivity contribution in [2.75, 3.05) is 7.05 Å². The lowest BCUT2D eigenvalue weighted by molar-refractivity contribution is 0.0786. The van der Waals surface area contributed by atoms with Crippen molar-refractivity contribution in [2.45, 2.75) is 32.2 Å². The van der Waals surface area contributed by atoms with Crippen LogP contribution in [0.1, 0.15) is 39.3 Å². The lowest BCUT2D eigenvalue weighted by atomic mass is 9.95. The Bertz CT molecular complexity index is 848. The van der Waals surface area contributed by atoms with Gasteiger partial charge in [-0.3, -0.25) is 4.79 Å². The van der Waals surface area contributed by atoms with E-state index >= 15 is 0 Å². The molecule has 0 fully saturated rings.